The summed E-state index contributed by atoms with van der Waals surface area (Å²) in [5.74, 6) is -1.09. The first kappa shape index (κ1) is 26.9. The van der Waals surface area contributed by atoms with Crippen LogP contribution in [0.5, 0.6) is 0 Å². The SMILES string of the molecule is CCCC(C(N)=O)C(CC1CC1)C(=O)N[C@H]1CCCCN(Cc2cccc(-c3ccc(C)cc3)c2)C1=O. The van der Waals surface area contributed by atoms with Crippen molar-refractivity contribution in [3.8, 4) is 11.1 Å². The number of carbonyl (C=O) groups excluding carboxylic acids is 3. The third-order valence-electron chi connectivity index (χ3n) is 7.85. The Bertz CT molecular complexity index is 1090. The number of carbonyl (C=O) groups is 3. The van der Waals surface area contributed by atoms with E-state index in [-0.39, 0.29) is 11.8 Å². The fourth-order valence-electron chi connectivity index (χ4n) is 5.51. The van der Waals surface area contributed by atoms with Crippen LogP contribution >= 0.6 is 0 Å². The predicted octanol–water partition coefficient (Wildman–Crippen LogP) is 4.98. The molecule has 0 spiro atoms. The second kappa shape index (κ2) is 12.4. The molecule has 1 aliphatic carbocycles. The molecule has 2 unspecified atom stereocenters. The van der Waals surface area contributed by atoms with E-state index >= 15 is 0 Å². The Morgan fingerprint density at radius 2 is 1.78 bits per heavy atom. The highest BCUT2D eigenvalue weighted by atomic mass is 16.2. The van der Waals surface area contributed by atoms with Crippen LogP contribution in [0, 0.1) is 24.7 Å². The summed E-state index contributed by atoms with van der Waals surface area (Å²) >= 11 is 0. The van der Waals surface area contributed by atoms with E-state index in [9.17, 15) is 14.4 Å². The van der Waals surface area contributed by atoms with Gasteiger partial charge in [-0.05, 0) is 67.7 Å². The zero-order valence-electron chi connectivity index (χ0n) is 22.2. The lowest BCUT2D eigenvalue weighted by atomic mass is 9.83. The van der Waals surface area contributed by atoms with E-state index in [4.69, 9.17) is 5.73 Å². The van der Waals surface area contributed by atoms with Crippen molar-refractivity contribution in [2.45, 2.75) is 77.8 Å². The molecule has 4 rings (SSSR count). The summed E-state index contributed by atoms with van der Waals surface area (Å²) in [7, 11) is 0. The van der Waals surface area contributed by atoms with Gasteiger partial charge in [-0.3, -0.25) is 14.4 Å². The summed E-state index contributed by atoms with van der Waals surface area (Å²) in [5, 5.41) is 3.06. The molecule has 1 saturated heterocycles. The van der Waals surface area contributed by atoms with Crippen LogP contribution in [0.1, 0.15) is 69.4 Å². The third kappa shape index (κ3) is 7.21. The third-order valence-corrected chi connectivity index (χ3v) is 7.85. The molecule has 2 aromatic rings. The van der Waals surface area contributed by atoms with E-state index in [1.54, 1.807) is 0 Å². The highest BCUT2D eigenvalue weighted by Crippen LogP contribution is 2.38. The highest BCUT2D eigenvalue weighted by Gasteiger charge is 2.38. The first-order chi connectivity index (χ1) is 17.9. The molecular weight excluding hydrogens is 462 g/mol. The molecule has 2 aliphatic rings. The van der Waals surface area contributed by atoms with E-state index in [1.807, 2.05) is 17.9 Å². The molecule has 3 amide bonds. The Balaban J connectivity index is 1.46. The lowest BCUT2D eigenvalue weighted by Crippen LogP contribution is -2.50. The van der Waals surface area contributed by atoms with Crippen molar-refractivity contribution < 1.29 is 14.4 Å². The van der Waals surface area contributed by atoms with Crippen LogP contribution in [0.25, 0.3) is 11.1 Å². The smallest absolute Gasteiger partial charge is 0.245 e. The maximum absolute atomic E-state index is 13.6. The number of rotatable bonds is 11. The Hall–Kier alpha value is -3.15. The Labute approximate surface area is 221 Å². The van der Waals surface area contributed by atoms with Crippen molar-refractivity contribution >= 4 is 17.7 Å². The van der Waals surface area contributed by atoms with Crippen molar-refractivity contribution in [2.24, 2.45) is 23.5 Å². The number of hydrogen-bond donors (Lipinski definition) is 2. The van der Waals surface area contributed by atoms with Gasteiger partial charge in [0.1, 0.15) is 6.04 Å². The van der Waals surface area contributed by atoms with Gasteiger partial charge < -0.3 is 16.0 Å². The fourth-order valence-corrected chi connectivity index (χ4v) is 5.51. The summed E-state index contributed by atoms with van der Waals surface area (Å²) in [6, 6.07) is 16.2. The number of aryl methyl sites for hydroxylation is 1. The number of likely N-dealkylation sites (tertiary alicyclic amines) is 1. The average molecular weight is 504 g/mol. The summed E-state index contributed by atoms with van der Waals surface area (Å²) in [5.41, 5.74) is 10.3. The molecule has 0 radical (unpaired) electrons. The quantitative estimate of drug-likeness (QED) is 0.453. The number of nitrogens with two attached hydrogens (primary N) is 1. The molecule has 6 nitrogen and oxygen atoms in total. The monoisotopic (exact) mass is 503 g/mol. The number of primary amides is 1. The largest absolute Gasteiger partial charge is 0.369 e. The molecule has 3 N–H and O–H groups in total. The molecule has 0 bridgehead atoms. The molecule has 6 heteroatoms. The molecule has 1 saturated carbocycles. The summed E-state index contributed by atoms with van der Waals surface area (Å²) in [6.07, 6.45) is 6.66. The normalized spacial score (nSPS) is 19.7. The zero-order valence-corrected chi connectivity index (χ0v) is 22.2. The van der Waals surface area contributed by atoms with Crippen molar-refractivity contribution in [1.29, 1.82) is 0 Å². The molecule has 1 heterocycles. The van der Waals surface area contributed by atoms with Gasteiger partial charge >= 0.3 is 0 Å². The van der Waals surface area contributed by atoms with E-state index in [0.717, 1.165) is 48.8 Å². The average Bonchev–Trinajstić information content (AvgIpc) is 3.72. The van der Waals surface area contributed by atoms with E-state index < -0.39 is 23.8 Å². The maximum atomic E-state index is 13.6. The van der Waals surface area contributed by atoms with Gasteiger partial charge in [-0.25, -0.2) is 0 Å². The molecule has 0 aromatic heterocycles. The van der Waals surface area contributed by atoms with Crippen molar-refractivity contribution in [3.63, 3.8) is 0 Å². The minimum Gasteiger partial charge on any atom is -0.369 e. The van der Waals surface area contributed by atoms with Gasteiger partial charge in [0.15, 0.2) is 0 Å². The Morgan fingerprint density at radius 3 is 2.46 bits per heavy atom. The van der Waals surface area contributed by atoms with E-state index in [0.29, 0.717) is 38.3 Å². The number of nitrogens with one attached hydrogen (secondary N) is 1. The van der Waals surface area contributed by atoms with Crippen LogP contribution in [0.3, 0.4) is 0 Å². The van der Waals surface area contributed by atoms with Crippen molar-refractivity contribution in [2.75, 3.05) is 6.54 Å². The summed E-state index contributed by atoms with van der Waals surface area (Å²) in [4.78, 5) is 41.1. The standard InChI is InChI=1S/C31H41N3O3/c1-3-7-26(29(32)35)27(19-22-13-14-22)30(36)33-28-10-4-5-17-34(31(28)37)20-23-8-6-9-25(18-23)24-15-11-21(2)12-16-24/h6,8-9,11-12,15-16,18,22,26-28H,3-5,7,10,13-14,17,19-20H2,1-2H3,(H2,32,35)(H,33,36)/t26?,27?,28-/m0/s1. The van der Waals surface area contributed by atoms with Gasteiger partial charge in [0, 0.05) is 24.9 Å². The maximum Gasteiger partial charge on any atom is 0.245 e. The number of nitrogens with zero attached hydrogens (tertiary/aromatic N) is 1. The van der Waals surface area contributed by atoms with Crippen LogP contribution in [-0.2, 0) is 20.9 Å². The molecule has 198 valence electrons. The number of amides is 3. The lowest BCUT2D eigenvalue weighted by Gasteiger charge is -2.28. The Kier molecular flexibility index (Phi) is 9.01. The van der Waals surface area contributed by atoms with Gasteiger partial charge in [0.2, 0.25) is 17.7 Å². The molecule has 37 heavy (non-hydrogen) atoms. The fraction of sp³-hybridized carbons (Fsp3) is 0.516. The second-order valence-corrected chi connectivity index (χ2v) is 11.0. The van der Waals surface area contributed by atoms with Crippen LogP contribution in [0.15, 0.2) is 48.5 Å². The van der Waals surface area contributed by atoms with Gasteiger partial charge in [-0.1, -0.05) is 74.2 Å². The van der Waals surface area contributed by atoms with Gasteiger partial charge in [-0.2, -0.15) is 0 Å². The Morgan fingerprint density at radius 1 is 1.03 bits per heavy atom. The second-order valence-electron chi connectivity index (χ2n) is 11.0. The summed E-state index contributed by atoms with van der Waals surface area (Å²) in [6.45, 7) is 5.26. The molecule has 2 fully saturated rings. The van der Waals surface area contributed by atoms with Crippen LogP contribution in [-0.4, -0.2) is 35.2 Å². The summed E-state index contributed by atoms with van der Waals surface area (Å²) < 4.78 is 0. The highest BCUT2D eigenvalue weighted by molar-refractivity contribution is 5.91. The van der Waals surface area contributed by atoms with E-state index in [1.165, 1.54) is 5.56 Å². The topological polar surface area (TPSA) is 92.5 Å². The number of benzene rings is 2. The predicted molar refractivity (Wildman–Crippen MR) is 146 cm³/mol. The first-order valence-corrected chi connectivity index (χ1v) is 13.9. The zero-order chi connectivity index (χ0) is 26.4. The van der Waals surface area contributed by atoms with E-state index in [2.05, 4.69) is 54.7 Å². The number of hydrogen-bond acceptors (Lipinski definition) is 3. The van der Waals surface area contributed by atoms with Gasteiger partial charge in [0.25, 0.3) is 0 Å². The van der Waals surface area contributed by atoms with Crippen molar-refractivity contribution in [1.82, 2.24) is 10.2 Å². The molecule has 2 aromatic carbocycles. The lowest BCUT2D eigenvalue weighted by molar-refractivity contribution is -0.139. The minimum absolute atomic E-state index is 0.0390. The molecule has 1 aliphatic heterocycles. The minimum atomic E-state index is -0.563. The van der Waals surface area contributed by atoms with Gasteiger partial charge in [-0.15, -0.1) is 0 Å². The molecular formula is C31H41N3O3. The van der Waals surface area contributed by atoms with Gasteiger partial charge in [0.05, 0.1) is 0 Å². The van der Waals surface area contributed by atoms with Crippen LogP contribution in [0.4, 0.5) is 0 Å². The molecule has 3 atom stereocenters. The van der Waals surface area contributed by atoms with Crippen LogP contribution < -0.4 is 11.1 Å². The first-order valence-electron chi connectivity index (χ1n) is 13.9. The van der Waals surface area contributed by atoms with Crippen LogP contribution in [0.2, 0.25) is 0 Å². The van der Waals surface area contributed by atoms with Crippen molar-refractivity contribution in [3.05, 3.63) is 59.7 Å².